The summed E-state index contributed by atoms with van der Waals surface area (Å²) in [6.07, 6.45) is 0. The van der Waals surface area contributed by atoms with Gasteiger partial charge in [-0.2, -0.15) is 16.8 Å². The molecular formula is C18H19N3O6S2. The Kier molecular flexibility index (Phi) is 6.69. The SMILES string of the molecule is C=C(C)C(N=C(C)Nc1ccc(S(=O)(=O)O)cc1)=Nc1ccc(S(=O)(=O)O)cc1. The van der Waals surface area contributed by atoms with Gasteiger partial charge in [-0.3, -0.25) is 9.11 Å². The van der Waals surface area contributed by atoms with Crippen LogP contribution >= 0.6 is 0 Å². The quantitative estimate of drug-likeness (QED) is 0.369. The van der Waals surface area contributed by atoms with E-state index in [2.05, 4.69) is 21.9 Å². The smallest absolute Gasteiger partial charge is 0.294 e. The van der Waals surface area contributed by atoms with Crippen molar-refractivity contribution in [3.05, 3.63) is 60.7 Å². The molecule has 0 aromatic heterocycles. The molecule has 3 N–H and O–H groups in total. The van der Waals surface area contributed by atoms with Gasteiger partial charge in [-0.05, 0) is 68.0 Å². The van der Waals surface area contributed by atoms with Gasteiger partial charge in [0.2, 0.25) is 0 Å². The fourth-order valence-corrected chi connectivity index (χ4v) is 3.10. The molecule has 0 amide bonds. The highest BCUT2D eigenvalue weighted by molar-refractivity contribution is 7.86. The minimum absolute atomic E-state index is 0.227. The maximum absolute atomic E-state index is 11.1. The van der Waals surface area contributed by atoms with Crippen LogP contribution in [0.4, 0.5) is 11.4 Å². The fourth-order valence-electron chi connectivity index (χ4n) is 2.14. The molecule has 0 spiro atoms. The van der Waals surface area contributed by atoms with Crippen molar-refractivity contribution >= 4 is 43.3 Å². The number of benzene rings is 2. The van der Waals surface area contributed by atoms with Crippen LogP contribution in [0, 0.1) is 0 Å². The van der Waals surface area contributed by atoms with E-state index in [0.717, 1.165) is 0 Å². The maximum Gasteiger partial charge on any atom is 0.294 e. The number of nitrogens with zero attached hydrogens (tertiary/aromatic N) is 2. The molecule has 11 heteroatoms. The number of amidine groups is 2. The lowest BCUT2D eigenvalue weighted by Gasteiger charge is -2.08. The third kappa shape index (κ3) is 6.61. The summed E-state index contributed by atoms with van der Waals surface area (Å²) >= 11 is 0. The molecule has 0 atom stereocenters. The Labute approximate surface area is 169 Å². The third-order valence-corrected chi connectivity index (χ3v) is 5.24. The zero-order valence-corrected chi connectivity index (χ0v) is 17.2. The van der Waals surface area contributed by atoms with Crippen LogP contribution in [-0.4, -0.2) is 37.6 Å². The largest absolute Gasteiger partial charge is 0.344 e. The topological polar surface area (TPSA) is 145 Å². The summed E-state index contributed by atoms with van der Waals surface area (Å²) in [5, 5.41) is 2.96. The molecule has 0 saturated carbocycles. The van der Waals surface area contributed by atoms with Crippen LogP contribution < -0.4 is 5.32 Å². The van der Waals surface area contributed by atoms with Crippen molar-refractivity contribution in [1.82, 2.24) is 0 Å². The highest BCUT2D eigenvalue weighted by atomic mass is 32.2. The zero-order chi connectivity index (χ0) is 21.8. The summed E-state index contributed by atoms with van der Waals surface area (Å²) < 4.78 is 62.4. The van der Waals surface area contributed by atoms with Crippen LogP contribution in [0.2, 0.25) is 0 Å². The molecular weight excluding hydrogens is 418 g/mol. The van der Waals surface area contributed by atoms with Crippen molar-refractivity contribution in [1.29, 1.82) is 0 Å². The average molecular weight is 437 g/mol. The molecule has 2 aromatic rings. The Bertz CT molecular complexity index is 1180. The average Bonchev–Trinajstić information content (AvgIpc) is 2.60. The van der Waals surface area contributed by atoms with Gasteiger partial charge in [-0.25, -0.2) is 9.98 Å². The van der Waals surface area contributed by atoms with Gasteiger partial charge in [0.1, 0.15) is 5.84 Å². The van der Waals surface area contributed by atoms with Gasteiger partial charge in [0.25, 0.3) is 20.2 Å². The summed E-state index contributed by atoms with van der Waals surface area (Å²) in [7, 11) is -8.55. The number of hydrogen-bond donors (Lipinski definition) is 3. The molecule has 0 fully saturated rings. The van der Waals surface area contributed by atoms with Crippen molar-refractivity contribution in [2.75, 3.05) is 5.32 Å². The van der Waals surface area contributed by atoms with Crippen LogP contribution in [0.1, 0.15) is 13.8 Å². The maximum atomic E-state index is 11.1. The Morgan fingerprint density at radius 1 is 0.862 bits per heavy atom. The Balaban J connectivity index is 2.25. The van der Waals surface area contributed by atoms with Crippen LogP contribution in [-0.2, 0) is 20.2 Å². The van der Waals surface area contributed by atoms with Gasteiger partial charge in [-0.1, -0.05) is 6.58 Å². The predicted octanol–water partition coefficient (Wildman–Crippen LogP) is 3.32. The predicted molar refractivity (Wildman–Crippen MR) is 111 cm³/mol. The zero-order valence-electron chi connectivity index (χ0n) is 15.6. The standard InChI is InChI=1S/C18H19N3O6S2/c1-12(2)18(21-15-6-10-17(11-7-15)29(25,26)27)20-13(3)19-14-4-8-16(9-5-14)28(22,23)24/h4-11H,1H2,2-3H3,(H,19,20,21)(H,22,23,24)(H,25,26,27). The van der Waals surface area contributed by atoms with Gasteiger partial charge >= 0.3 is 0 Å². The van der Waals surface area contributed by atoms with Crippen LogP contribution in [0.3, 0.4) is 0 Å². The highest BCUT2D eigenvalue weighted by Gasteiger charge is 2.10. The molecule has 0 aliphatic heterocycles. The molecule has 0 bridgehead atoms. The van der Waals surface area contributed by atoms with Gasteiger partial charge in [0.05, 0.1) is 15.5 Å². The minimum Gasteiger partial charge on any atom is -0.344 e. The Morgan fingerprint density at radius 3 is 1.72 bits per heavy atom. The van der Waals surface area contributed by atoms with E-state index in [4.69, 9.17) is 9.11 Å². The van der Waals surface area contributed by atoms with E-state index in [1.165, 1.54) is 48.5 Å². The third-order valence-electron chi connectivity index (χ3n) is 3.50. The summed E-state index contributed by atoms with van der Waals surface area (Å²) in [5.74, 6) is 0.713. The second-order valence-electron chi connectivity index (χ2n) is 6.01. The van der Waals surface area contributed by atoms with E-state index >= 15 is 0 Å². The van der Waals surface area contributed by atoms with E-state index in [0.29, 0.717) is 22.8 Å². The van der Waals surface area contributed by atoms with Crippen molar-refractivity contribution in [3.63, 3.8) is 0 Å². The number of hydrogen-bond acceptors (Lipinski definition) is 5. The molecule has 2 rings (SSSR count). The Hall–Kier alpha value is -2.86. The van der Waals surface area contributed by atoms with E-state index in [1.807, 2.05) is 0 Å². The van der Waals surface area contributed by atoms with E-state index in [-0.39, 0.29) is 15.6 Å². The molecule has 0 radical (unpaired) electrons. The van der Waals surface area contributed by atoms with Gasteiger partial charge in [0.15, 0.2) is 5.84 Å². The van der Waals surface area contributed by atoms with Gasteiger partial charge in [-0.15, -0.1) is 0 Å². The number of rotatable bonds is 5. The van der Waals surface area contributed by atoms with Crippen molar-refractivity contribution in [2.45, 2.75) is 23.6 Å². The molecule has 29 heavy (non-hydrogen) atoms. The van der Waals surface area contributed by atoms with Crippen LogP contribution in [0.15, 0.2) is 80.5 Å². The van der Waals surface area contributed by atoms with E-state index < -0.39 is 20.2 Å². The first-order valence-electron chi connectivity index (χ1n) is 8.08. The molecule has 0 saturated heterocycles. The fraction of sp³-hybridized carbons (Fsp3) is 0.111. The summed E-state index contributed by atoms with van der Waals surface area (Å²) in [4.78, 5) is 8.17. The monoisotopic (exact) mass is 437 g/mol. The lowest BCUT2D eigenvalue weighted by molar-refractivity contribution is 0.481. The van der Waals surface area contributed by atoms with Crippen molar-refractivity contribution in [2.24, 2.45) is 9.98 Å². The lowest BCUT2D eigenvalue weighted by Crippen LogP contribution is -2.11. The lowest BCUT2D eigenvalue weighted by atomic mass is 10.3. The van der Waals surface area contributed by atoms with Gasteiger partial charge < -0.3 is 5.32 Å². The van der Waals surface area contributed by atoms with Gasteiger partial charge in [0, 0.05) is 5.69 Å². The molecule has 0 unspecified atom stereocenters. The summed E-state index contributed by atoms with van der Waals surface area (Å²) in [6.45, 7) is 7.17. The molecule has 9 nitrogen and oxygen atoms in total. The molecule has 154 valence electrons. The second-order valence-corrected chi connectivity index (χ2v) is 8.85. The summed E-state index contributed by atoms with van der Waals surface area (Å²) in [5.41, 5.74) is 1.49. The molecule has 2 aromatic carbocycles. The Morgan fingerprint density at radius 2 is 1.31 bits per heavy atom. The van der Waals surface area contributed by atoms with Crippen molar-refractivity contribution < 1.29 is 25.9 Å². The second kappa shape index (κ2) is 8.66. The number of aliphatic imine (C=N–C) groups is 2. The first-order chi connectivity index (χ1) is 13.4. The first kappa shape index (κ1) is 22.4. The van der Waals surface area contributed by atoms with E-state index in [1.54, 1.807) is 13.8 Å². The van der Waals surface area contributed by atoms with Crippen LogP contribution in [0.5, 0.6) is 0 Å². The summed E-state index contributed by atoms with van der Waals surface area (Å²) in [6, 6.07) is 10.7. The van der Waals surface area contributed by atoms with Crippen LogP contribution in [0.25, 0.3) is 0 Å². The van der Waals surface area contributed by atoms with E-state index in [9.17, 15) is 16.8 Å². The highest BCUT2D eigenvalue weighted by Crippen LogP contribution is 2.18. The number of anilines is 1. The molecule has 0 aliphatic rings. The minimum atomic E-state index is -4.29. The number of nitrogens with one attached hydrogen (secondary N) is 1. The normalized spacial score (nSPS) is 13.2. The first-order valence-corrected chi connectivity index (χ1v) is 11.0. The molecule has 0 heterocycles. The molecule has 0 aliphatic carbocycles. The van der Waals surface area contributed by atoms with Crippen molar-refractivity contribution in [3.8, 4) is 0 Å².